The molecule has 0 amide bonds. The smallest absolute Gasteiger partial charge is 0.723 e. The summed E-state index contributed by atoms with van der Waals surface area (Å²) < 4.78 is 34.7. The van der Waals surface area contributed by atoms with Crippen LogP contribution in [0, 0.1) is 0 Å². The van der Waals surface area contributed by atoms with Crippen molar-refractivity contribution >= 4 is 17.4 Å². The maximum Gasteiger partial charge on any atom is 3.00 e. The van der Waals surface area contributed by atoms with Crippen LogP contribution in [0.3, 0.4) is 0 Å². The molecule has 0 spiro atoms. The molecule has 12 nitrogen and oxygen atoms in total. The van der Waals surface area contributed by atoms with Crippen molar-refractivity contribution in [1.29, 1.82) is 0 Å². The average molecular weight is 913 g/mol. The SMILES string of the molecule is CCCCOc1ccc(C(C)(C)O[O-])cc1OCCCC.CCCCOc1ccc(C(C)(C)O[O-])cc1OCCCC.CCCCOc1ccc(C(C)(C)O[O-])cc1OCCCC.[Al+3]. The van der Waals surface area contributed by atoms with E-state index in [4.69, 9.17) is 28.4 Å². The van der Waals surface area contributed by atoms with Gasteiger partial charge in [0.2, 0.25) is 0 Å². The van der Waals surface area contributed by atoms with Gasteiger partial charge in [0, 0.05) is 0 Å². The molecule has 3 rings (SSSR count). The van der Waals surface area contributed by atoms with E-state index in [1.165, 1.54) is 0 Å². The maximum absolute atomic E-state index is 10.8. The molecule has 3 aromatic carbocycles. The Morgan fingerprint density at radius 1 is 0.328 bits per heavy atom. The molecule has 64 heavy (non-hydrogen) atoms. The predicted octanol–water partition coefficient (Wildman–Crippen LogP) is 10.3. The van der Waals surface area contributed by atoms with Gasteiger partial charge in [0.05, 0.1) is 56.4 Å². The van der Waals surface area contributed by atoms with E-state index in [0.29, 0.717) is 56.9 Å². The minimum absolute atomic E-state index is 0. The van der Waals surface area contributed by atoms with E-state index >= 15 is 0 Å². The zero-order valence-electron chi connectivity index (χ0n) is 41.4. The third-order valence-electron chi connectivity index (χ3n) is 10.1. The Balaban J connectivity index is 0.000000923. The number of hydrogen-bond donors (Lipinski definition) is 0. The summed E-state index contributed by atoms with van der Waals surface area (Å²) >= 11 is 0. The summed E-state index contributed by atoms with van der Waals surface area (Å²) in [7, 11) is 0. The molecule has 3 aromatic rings. The van der Waals surface area contributed by atoms with Crippen molar-refractivity contribution in [2.75, 3.05) is 39.6 Å². The van der Waals surface area contributed by atoms with Gasteiger partial charge in [0.1, 0.15) is 0 Å². The van der Waals surface area contributed by atoms with Crippen molar-refractivity contribution in [3.05, 3.63) is 71.3 Å². The van der Waals surface area contributed by atoms with Crippen LogP contribution in [0.4, 0.5) is 0 Å². The fraction of sp³-hybridized carbons (Fsp3) is 0.647. The van der Waals surface area contributed by atoms with Crippen LogP contribution < -0.4 is 44.2 Å². The first-order valence-corrected chi connectivity index (χ1v) is 23.3. The van der Waals surface area contributed by atoms with Gasteiger partial charge in [-0.3, -0.25) is 0 Å². The van der Waals surface area contributed by atoms with Gasteiger partial charge in [-0.25, -0.2) is 0 Å². The molecule has 360 valence electrons. The summed E-state index contributed by atoms with van der Waals surface area (Å²) in [5, 5.41) is 32.5. The summed E-state index contributed by atoms with van der Waals surface area (Å²) in [4.78, 5) is 12.9. The number of benzene rings is 3. The predicted molar refractivity (Wildman–Crippen MR) is 250 cm³/mol. The van der Waals surface area contributed by atoms with E-state index in [-0.39, 0.29) is 17.4 Å². The van der Waals surface area contributed by atoms with Gasteiger partial charge in [-0.2, -0.15) is 0 Å². The summed E-state index contributed by atoms with van der Waals surface area (Å²) in [6.45, 7) is 27.1. The first kappa shape index (κ1) is 60.8. The van der Waals surface area contributed by atoms with Crippen LogP contribution in [-0.4, -0.2) is 57.0 Å². The largest absolute Gasteiger partial charge is 3.00 e. The monoisotopic (exact) mass is 913 g/mol. The van der Waals surface area contributed by atoms with Crippen molar-refractivity contribution in [2.24, 2.45) is 0 Å². The number of ether oxygens (including phenoxy) is 6. The molecule has 0 aliphatic heterocycles. The Morgan fingerprint density at radius 3 is 0.688 bits per heavy atom. The molecule has 0 heterocycles. The number of unbranched alkanes of at least 4 members (excludes halogenated alkanes) is 6. The normalized spacial score (nSPS) is 11.3. The summed E-state index contributed by atoms with van der Waals surface area (Å²) in [6, 6.07) is 16.6. The maximum atomic E-state index is 10.8. The Morgan fingerprint density at radius 2 is 0.516 bits per heavy atom. The summed E-state index contributed by atoms with van der Waals surface area (Å²) in [6.07, 6.45) is 12.4. The van der Waals surface area contributed by atoms with Crippen LogP contribution in [0.25, 0.3) is 0 Å². The molecule has 0 atom stereocenters. The van der Waals surface area contributed by atoms with Crippen molar-refractivity contribution in [2.45, 2.75) is 177 Å². The summed E-state index contributed by atoms with van der Waals surface area (Å²) in [5.41, 5.74) is -0.300. The molecule has 0 saturated heterocycles. The fourth-order valence-electron chi connectivity index (χ4n) is 5.45. The van der Waals surface area contributed by atoms with Crippen molar-refractivity contribution in [3.63, 3.8) is 0 Å². The van der Waals surface area contributed by atoms with E-state index in [1.54, 1.807) is 41.5 Å². The van der Waals surface area contributed by atoms with Crippen molar-refractivity contribution < 1.29 is 58.9 Å². The fourth-order valence-corrected chi connectivity index (χ4v) is 5.45. The molecule has 13 heteroatoms. The topological polar surface area (TPSA) is 152 Å². The van der Waals surface area contributed by atoms with Gasteiger partial charge in [-0.1, -0.05) is 98.3 Å². The Labute approximate surface area is 397 Å². The van der Waals surface area contributed by atoms with Gasteiger partial charge < -0.3 is 58.9 Å². The Hall–Kier alpha value is -3.25. The molecular weight excluding hydrogens is 832 g/mol. The molecule has 0 radical (unpaired) electrons. The second-order valence-corrected chi connectivity index (χ2v) is 17.0. The number of rotatable bonds is 30. The van der Waals surface area contributed by atoms with Crippen LogP contribution >= 0.6 is 0 Å². The minimum Gasteiger partial charge on any atom is -0.723 e. The molecule has 0 unspecified atom stereocenters. The minimum atomic E-state index is -0.884. The molecule has 0 N–H and O–H groups in total. The standard InChI is InChI=1S/3C17H28O4.Al/c3*1-5-7-11-19-15-10-9-14(17(3,4)21-18)13-16(15)20-12-8-6-2;/h3*9-10,13,18H,5-8,11-12H2,1-4H3;/q;;;+3/p-3. The van der Waals surface area contributed by atoms with Gasteiger partial charge in [-0.05, 0) is 133 Å². The molecule has 0 aliphatic rings. The Bertz CT molecular complexity index is 1440. The molecular formula is C51H81AlO12. The van der Waals surface area contributed by atoms with Crippen molar-refractivity contribution in [1.82, 2.24) is 0 Å². The van der Waals surface area contributed by atoms with Gasteiger partial charge in [0.15, 0.2) is 34.5 Å². The van der Waals surface area contributed by atoms with E-state index < -0.39 is 16.8 Å². The second-order valence-electron chi connectivity index (χ2n) is 17.0. The third-order valence-corrected chi connectivity index (χ3v) is 10.1. The van der Waals surface area contributed by atoms with E-state index in [1.807, 2.05) is 54.6 Å². The zero-order chi connectivity index (χ0) is 47.2. The second kappa shape index (κ2) is 34.1. The average Bonchev–Trinajstić information content (AvgIpc) is 3.28. The quantitative estimate of drug-likeness (QED) is 0.0271. The van der Waals surface area contributed by atoms with E-state index in [0.717, 1.165) is 111 Å². The Kier molecular flexibility index (Phi) is 32.4. The van der Waals surface area contributed by atoms with Crippen LogP contribution in [0.2, 0.25) is 0 Å². The van der Waals surface area contributed by atoms with Crippen LogP contribution in [0.5, 0.6) is 34.5 Å². The van der Waals surface area contributed by atoms with Gasteiger partial charge >= 0.3 is 17.4 Å². The van der Waals surface area contributed by atoms with E-state index in [9.17, 15) is 15.8 Å². The zero-order valence-corrected chi connectivity index (χ0v) is 42.6. The molecule has 0 aromatic heterocycles. The third kappa shape index (κ3) is 22.8. The molecule has 0 aliphatic carbocycles. The molecule has 0 fully saturated rings. The van der Waals surface area contributed by atoms with Crippen molar-refractivity contribution in [3.8, 4) is 34.5 Å². The molecule has 0 bridgehead atoms. The summed E-state index contributed by atoms with van der Waals surface area (Å²) in [5.74, 6) is 4.23. The van der Waals surface area contributed by atoms with Crippen LogP contribution in [0.15, 0.2) is 54.6 Å². The van der Waals surface area contributed by atoms with E-state index in [2.05, 4.69) is 56.2 Å². The van der Waals surface area contributed by atoms with Crippen LogP contribution in [0.1, 0.15) is 177 Å². The van der Waals surface area contributed by atoms with Crippen LogP contribution in [-0.2, 0) is 31.5 Å². The van der Waals surface area contributed by atoms with Gasteiger partial charge in [-0.15, -0.1) is 0 Å². The first-order valence-electron chi connectivity index (χ1n) is 23.3. The van der Waals surface area contributed by atoms with Gasteiger partial charge in [0.25, 0.3) is 0 Å². The molecule has 0 saturated carbocycles. The first-order chi connectivity index (χ1) is 30.1. The number of hydrogen-bond acceptors (Lipinski definition) is 12.